The molecule has 94 valence electrons. The Bertz CT molecular complexity index is 428. The number of nitrogens with two attached hydrogens (primary N) is 1. The summed E-state index contributed by atoms with van der Waals surface area (Å²) < 4.78 is 13.7. The molecule has 0 saturated heterocycles. The van der Waals surface area contributed by atoms with Gasteiger partial charge >= 0.3 is 0 Å². The second-order valence-electron chi connectivity index (χ2n) is 3.58. The number of nitro groups is 1. The van der Waals surface area contributed by atoms with Gasteiger partial charge in [-0.15, -0.1) is 0 Å². The normalized spacial score (nSPS) is 10.4. The van der Waals surface area contributed by atoms with E-state index in [9.17, 15) is 14.5 Å². The van der Waals surface area contributed by atoms with Crippen molar-refractivity contribution < 1.29 is 9.31 Å². The van der Waals surface area contributed by atoms with Crippen LogP contribution in [0.5, 0.6) is 0 Å². The van der Waals surface area contributed by atoms with Gasteiger partial charge in [0.25, 0.3) is 5.69 Å². The van der Waals surface area contributed by atoms with Crippen LogP contribution < -0.4 is 10.6 Å². The van der Waals surface area contributed by atoms with Gasteiger partial charge in [0.2, 0.25) is 0 Å². The summed E-state index contributed by atoms with van der Waals surface area (Å²) in [5.74, 6) is -0.453. The van der Waals surface area contributed by atoms with Gasteiger partial charge in [-0.25, -0.2) is 4.39 Å². The minimum absolute atomic E-state index is 0.0877. The van der Waals surface area contributed by atoms with Crippen LogP contribution in [-0.4, -0.2) is 25.1 Å². The molecule has 0 bridgehead atoms. The standard InChI is InChI=1S/C10H13FIN3O2/c1-14(4-2-3-13)9-5-7(11)8(12)6-10(9)15(16)17/h5-6H,2-4,13H2,1H3. The lowest BCUT2D eigenvalue weighted by Gasteiger charge is -2.19. The van der Waals surface area contributed by atoms with E-state index in [0.717, 1.165) is 0 Å². The van der Waals surface area contributed by atoms with Crippen molar-refractivity contribution >= 4 is 34.0 Å². The second kappa shape index (κ2) is 6.10. The molecule has 1 rings (SSSR count). The average molecular weight is 353 g/mol. The quantitative estimate of drug-likeness (QED) is 0.500. The molecule has 0 amide bonds. The Kier molecular flexibility index (Phi) is 5.06. The smallest absolute Gasteiger partial charge is 0.293 e. The van der Waals surface area contributed by atoms with Crippen LogP contribution in [0, 0.1) is 19.5 Å². The summed E-state index contributed by atoms with van der Waals surface area (Å²) in [6.07, 6.45) is 0.696. The zero-order chi connectivity index (χ0) is 13.0. The maximum Gasteiger partial charge on any atom is 0.293 e. The van der Waals surface area contributed by atoms with Crippen LogP contribution in [0.1, 0.15) is 6.42 Å². The summed E-state index contributed by atoms with van der Waals surface area (Å²) in [7, 11) is 1.68. The molecule has 0 radical (unpaired) electrons. The van der Waals surface area contributed by atoms with Crippen molar-refractivity contribution in [3.05, 3.63) is 31.6 Å². The lowest BCUT2D eigenvalue weighted by Crippen LogP contribution is -2.22. The molecule has 0 spiro atoms. The molecule has 1 aromatic carbocycles. The van der Waals surface area contributed by atoms with Gasteiger partial charge in [-0.2, -0.15) is 0 Å². The minimum Gasteiger partial charge on any atom is -0.369 e. The highest BCUT2D eigenvalue weighted by Gasteiger charge is 2.20. The molecular formula is C10H13FIN3O2. The highest BCUT2D eigenvalue weighted by Crippen LogP contribution is 2.31. The molecule has 17 heavy (non-hydrogen) atoms. The molecular weight excluding hydrogens is 340 g/mol. The zero-order valence-corrected chi connectivity index (χ0v) is 11.5. The molecule has 0 fully saturated rings. The fraction of sp³-hybridized carbons (Fsp3) is 0.400. The van der Waals surface area contributed by atoms with E-state index in [1.165, 1.54) is 12.1 Å². The highest BCUT2D eigenvalue weighted by molar-refractivity contribution is 14.1. The molecule has 1 aromatic rings. The van der Waals surface area contributed by atoms with Crippen LogP contribution in [0.25, 0.3) is 0 Å². The first-order valence-electron chi connectivity index (χ1n) is 5.02. The molecule has 5 nitrogen and oxygen atoms in total. The predicted molar refractivity (Wildman–Crippen MR) is 72.7 cm³/mol. The lowest BCUT2D eigenvalue weighted by atomic mass is 10.2. The van der Waals surface area contributed by atoms with Crippen LogP contribution in [0.2, 0.25) is 0 Å². The fourth-order valence-electron chi connectivity index (χ4n) is 1.43. The molecule has 0 aliphatic rings. The SMILES string of the molecule is CN(CCCN)c1cc(F)c(I)cc1[N+](=O)[O-]. The van der Waals surface area contributed by atoms with Gasteiger partial charge in [-0.1, -0.05) is 0 Å². The van der Waals surface area contributed by atoms with E-state index >= 15 is 0 Å². The van der Waals surface area contributed by atoms with Crippen molar-refractivity contribution in [1.29, 1.82) is 0 Å². The molecule has 0 saturated carbocycles. The van der Waals surface area contributed by atoms with E-state index in [4.69, 9.17) is 5.73 Å². The lowest BCUT2D eigenvalue weighted by molar-refractivity contribution is -0.384. The van der Waals surface area contributed by atoms with Crippen molar-refractivity contribution in [2.24, 2.45) is 5.73 Å². The third-order valence-corrected chi connectivity index (χ3v) is 3.15. The van der Waals surface area contributed by atoms with Gasteiger partial charge in [0, 0.05) is 25.7 Å². The summed E-state index contributed by atoms with van der Waals surface area (Å²) in [4.78, 5) is 12.0. The Balaban J connectivity index is 3.11. The van der Waals surface area contributed by atoms with Gasteiger partial charge in [0.05, 0.1) is 8.49 Å². The third-order valence-electron chi connectivity index (χ3n) is 2.32. The average Bonchev–Trinajstić information content (AvgIpc) is 2.28. The molecule has 7 heteroatoms. The number of nitro benzene ring substituents is 1. The van der Waals surface area contributed by atoms with Crippen LogP contribution in [0.15, 0.2) is 12.1 Å². The Morgan fingerprint density at radius 2 is 2.24 bits per heavy atom. The van der Waals surface area contributed by atoms with Gasteiger partial charge < -0.3 is 10.6 Å². The summed E-state index contributed by atoms with van der Waals surface area (Å²) in [6.45, 7) is 1.04. The van der Waals surface area contributed by atoms with E-state index < -0.39 is 10.7 Å². The van der Waals surface area contributed by atoms with Crippen molar-refractivity contribution in [3.8, 4) is 0 Å². The fourth-order valence-corrected chi connectivity index (χ4v) is 1.88. The highest BCUT2D eigenvalue weighted by atomic mass is 127. The molecule has 0 aliphatic carbocycles. The van der Waals surface area contributed by atoms with Crippen molar-refractivity contribution in [2.75, 3.05) is 25.0 Å². The zero-order valence-electron chi connectivity index (χ0n) is 9.32. The summed E-state index contributed by atoms with van der Waals surface area (Å²) in [5.41, 5.74) is 5.56. The molecule has 0 atom stereocenters. The van der Waals surface area contributed by atoms with Crippen molar-refractivity contribution in [3.63, 3.8) is 0 Å². The van der Waals surface area contributed by atoms with Crippen molar-refractivity contribution in [1.82, 2.24) is 0 Å². The van der Waals surface area contributed by atoms with Crippen LogP contribution in [-0.2, 0) is 0 Å². The summed E-state index contributed by atoms with van der Waals surface area (Å²) in [6, 6.07) is 2.43. The Morgan fingerprint density at radius 3 is 2.76 bits per heavy atom. The molecule has 0 heterocycles. The topological polar surface area (TPSA) is 72.4 Å². The Morgan fingerprint density at radius 1 is 1.59 bits per heavy atom. The first-order valence-corrected chi connectivity index (χ1v) is 6.10. The number of hydrogen-bond acceptors (Lipinski definition) is 4. The number of hydrogen-bond donors (Lipinski definition) is 1. The van der Waals surface area contributed by atoms with Gasteiger partial charge in [0.1, 0.15) is 11.5 Å². The van der Waals surface area contributed by atoms with Crippen molar-refractivity contribution in [2.45, 2.75) is 6.42 Å². The second-order valence-corrected chi connectivity index (χ2v) is 4.74. The van der Waals surface area contributed by atoms with Crippen LogP contribution in [0.3, 0.4) is 0 Å². The van der Waals surface area contributed by atoms with E-state index in [-0.39, 0.29) is 14.9 Å². The maximum atomic E-state index is 13.4. The number of benzene rings is 1. The summed E-state index contributed by atoms with van der Waals surface area (Å²) >= 11 is 1.73. The number of rotatable bonds is 5. The van der Waals surface area contributed by atoms with E-state index in [1.807, 2.05) is 0 Å². The predicted octanol–water partition coefficient (Wildman–Crippen LogP) is 2.12. The molecule has 0 aromatic heterocycles. The minimum atomic E-state index is -0.504. The monoisotopic (exact) mass is 353 g/mol. The summed E-state index contributed by atoms with van der Waals surface area (Å²) in [5, 5.41) is 10.9. The van der Waals surface area contributed by atoms with Gasteiger partial charge in [-0.3, -0.25) is 10.1 Å². The van der Waals surface area contributed by atoms with E-state index in [1.54, 1.807) is 34.5 Å². The molecule has 2 N–H and O–H groups in total. The van der Waals surface area contributed by atoms with Crippen LogP contribution >= 0.6 is 22.6 Å². The van der Waals surface area contributed by atoms with E-state index in [2.05, 4.69) is 0 Å². The van der Waals surface area contributed by atoms with E-state index in [0.29, 0.717) is 19.5 Å². The number of anilines is 1. The van der Waals surface area contributed by atoms with Crippen LogP contribution in [0.4, 0.5) is 15.8 Å². The first-order chi connectivity index (χ1) is 7.97. The largest absolute Gasteiger partial charge is 0.369 e. The first kappa shape index (κ1) is 14.1. The van der Waals surface area contributed by atoms with Gasteiger partial charge in [-0.05, 0) is 35.6 Å². The van der Waals surface area contributed by atoms with Gasteiger partial charge in [0.15, 0.2) is 0 Å². The maximum absolute atomic E-state index is 13.4. The molecule has 0 unspecified atom stereocenters. The number of halogens is 2. The number of nitrogens with zero attached hydrogens (tertiary/aromatic N) is 2. The Labute approximate surface area is 112 Å². The Hall–Kier alpha value is -0.960. The molecule has 0 aliphatic heterocycles. The third kappa shape index (κ3) is 3.50.